The molecule has 3 heteroatoms. The van der Waals surface area contributed by atoms with Crippen molar-refractivity contribution in [3.63, 3.8) is 0 Å². The maximum absolute atomic E-state index is 5.65. The highest BCUT2D eigenvalue weighted by Gasteiger charge is 2.28. The van der Waals surface area contributed by atoms with Crippen LogP contribution < -0.4 is 16.6 Å². The second-order valence-corrected chi connectivity index (χ2v) is 3.68. The highest BCUT2D eigenvalue weighted by molar-refractivity contribution is 5.63. The van der Waals surface area contributed by atoms with E-state index in [1.54, 1.807) is 0 Å². The van der Waals surface area contributed by atoms with Gasteiger partial charge in [0.15, 0.2) is 0 Å². The van der Waals surface area contributed by atoms with E-state index in [1.807, 2.05) is 12.1 Å². The van der Waals surface area contributed by atoms with Crippen molar-refractivity contribution in [2.45, 2.75) is 19.4 Å². The van der Waals surface area contributed by atoms with Crippen molar-refractivity contribution < 1.29 is 0 Å². The van der Waals surface area contributed by atoms with Crippen LogP contribution >= 0.6 is 0 Å². The van der Waals surface area contributed by atoms with Crippen LogP contribution in [0.25, 0.3) is 0 Å². The molecule has 12 heavy (non-hydrogen) atoms. The monoisotopic (exact) mass is 163 g/mol. The van der Waals surface area contributed by atoms with Gasteiger partial charge in [0.2, 0.25) is 0 Å². The van der Waals surface area contributed by atoms with E-state index >= 15 is 0 Å². The van der Waals surface area contributed by atoms with E-state index in [0.717, 1.165) is 11.4 Å². The molecule has 4 N–H and O–H groups in total. The summed E-state index contributed by atoms with van der Waals surface area (Å²) in [6.07, 6.45) is 0. The maximum Gasteiger partial charge on any atom is 0.0584 e. The van der Waals surface area contributed by atoms with Crippen molar-refractivity contribution in [2.24, 2.45) is 0 Å². The maximum atomic E-state index is 5.65. The quantitative estimate of drug-likeness (QED) is 0.507. The zero-order chi connectivity index (χ0) is 8.77. The summed E-state index contributed by atoms with van der Waals surface area (Å²) < 4.78 is 0. The van der Waals surface area contributed by atoms with E-state index < -0.39 is 0 Å². The van der Waals surface area contributed by atoms with E-state index in [0.29, 0.717) is 0 Å². The molecule has 0 spiro atoms. The van der Waals surface area contributed by atoms with E-state index in [2.05, 4.69) is 30.8 Å². The van der Waals surface area contributed by atoms with Gasteiger partial charge >= 0.3 is 0 Å². The molecule has 0 bridgehead atoms. The molecule has 1 aliphatic rings. The molecular formula is C9H13N3. The molecule has 1 aliphatic heterocycles. The molecule has 3 nitrogen and oxygen atoms in total. The first kappa shape index (κ1) is 7.43. The van der Waals surface area contributed by atoms with Gasteiger partial charge in [0.25, 0.3) is 0 Å². The summed E-state index contributed by atoms with van der Waals surface area (Å²) in [4.78, 5) is 0. The number of nitrogens with one attached hydrogen (secondary N) is 2. The minimum atomic E-state index is 0.00301. The Hall–Kier alpha value is -1.22. The van der Waals surface area contributed by atoms with Crippen LogP contribution in [0.4, 0.5) is 11.4 Å². The Morgan fingerprint density at radius 2 is 2.08 bits per heavy atom. The zero-order valence-corrected chi connectivity index (χ0v) is 7.31. The minimum Gasteiger partial charge on any atom is -0.399 e. The summed E-state index contributed by atoms with van der Waals surface area (Å²) in [5.41, 5.74) is 15.1. The summed E-state index contributed by atoms with van der Waals surface area (Å²) in [6, 6.07) is 5.92. The lowest BCUT2D eigenvalue weighted by atomic mass is 9.95. The van der Waals surface area contributed by atoms with Gasteiger partial charge in [-0.25, -0.2) is 5.43 Å². The fourth-order valence-corrected chi connectivity index (χ4v) is 1.50. The van der Waals surface area contributed by atoms with Gasteiger partial charge in [0.1, 0.15) is 0 Å². The van der Waals surface area contributed by atoms with Crippen LogP contribution in [-0.2, 0) is 5.54 Å². The number of nitrogens with two attached hydrogens (primary N) is 1. The SMILES string of the molecule is CC1(C)NNc2cc(N)ccc21. The molecule has 1 heterocycles. The van der Waals surface area contributed by atoms with Gasteiger partial charge in [0, 0.05) is 5.69 Å². The van der Waals surface area contributed by atoms with E-state index in [1.165, 1.54) is 5.56 Å². The lowest BCUT2D eigenvalue weighted by Crippen LogP contribution is -2.32. The van der Waals surface area contributed by atoms with Crippen LogP contribution in [0.3, 0.4) is 0 Å². The Bertz CT molecular complexity index is 318. The molecule has 0 saturated heterocycles. The van der Waals surface area contributed by atoms with Crippen molar-refractivity contribution >= 4 is 11.4 Å². The first-order valence-corrected chi connectivity index (χ1v) is 4.03. The number of rotatable bonds is 0. The van der Waals surface area contributed by atoms with Gasteiger partial charge in [-0.05, 0) is 31.5 Å². The predicted molar refractivity (Wildman–Crippen MR) is 50.6 cm³/mol. The van der Waals surface area contributed by atoms with Crippen molar-refractivity contribution in [3.8, 4) is 0 Å². The zero-order valence-electron chi connectivity index (χ0n) is 7.31. The van der Waals surface area contributed by atoms with Gasteiger partial charge in [0.05, 0.1) is 11.2 Å². The molecule has 2 rings (SSSR count). The van der Waals surface area contributed by atoms with Gasteiger partial charge < -0.3 is 11.2 Å². The van der Waals surface area contributed by atoms with Crippen molar-refractivity contribution in [3.05, 3.63) is 23.8 Å². The largest absolute Gasteiger partial charge is 0.399 e. The molecule has 0 aliphatic carbocycles. The Balaban J connectivity index is 2.55. The topological polar surface area (TPSA) is 50.1 Å². The summed E-state index contributed by atoms with van der Waals surface area (Å²) in [7, 11) is 0. The van der Waals surface area contributed by atoms with Gasteiger partial charge in [-0.2, -0.15) is 0 Å². The second kappa shape index (κ2) is 2.14. The third-order valence-electron chi connectivity index (χ3n) is 2.23. The van der Waals surface area contributed by atoms with E-state index in [4.69, 9.17) is 5.73 Å². The van der Waals surface area contributed by atoms with Gasteiger partial charge in [-0.3, -0.25) is 0 Å². The first-order valence-electron chi connectivity index (χ1n) is 4.03. The van der Waals surface area contributed by atoms with Gasteiger partial charge in [-0.1, -0.05) is 6.07 Å². The van der Waals surface area contributed by atoms with Crippen molar-refractivity contribution in [1.82, 2.24) is 5.43 Å². The van der Waals surface area contributed by atoms with E-state index in [-0.39, 0.29) is 5.54 Å². The fraction of sp³-hybridized carbons (Fsp3) is 0.333. The van der Waals surface area contributed by atoms with Crippen LogP contribution in [-0.4, -0.2) is 0 Å². The molecule has 0 unspecified atom stereocenters. The molecular weight excluding hydrogens is 150 g/mol. The van der Waals surface area contributed by atoms with Crippen LogP contribution in [0.2, 0.25) is 0 Å². The van der Waals surface area contributed by atoms with Crippen molar-refractivity contribution in [2.75, 3.05) is 11.2 Å². The molecule has 0 radical (unpaired) electrons. The summed E-state index contributed by atoms with van der Waals surface area (Å²) in [6.45, 7) is 4.25. The molecule has 0 atom stereocenters. The number of hydrogen-bond acceptors (Lipinski definition) is 3. The molecule has 1 aromatic carbocycles. The Morgan fingerprint density at radius 1 is 1.33 bits per heavy atom. The lowest BCUT2D eigenvalue weighted by Gasteiger charge is -2.17. The second-order valence-electron chi connectivity index (χ2n) is 3.68. The number of hydrazine groups is 1. The van der Waals surface area contributed by atoms with Crippen LogP contribution in [0.5, 0.6) is 0 Å². The van der Waals surface area contributed by atoms with Crippen LogP contribution in [0.15, 0.2) is 18.2 Å². The number of hydrogen-bond donors (Lipinski definition) is 3. The normalized spacial score (nSPS) is 18.5. The fourth-order valence-electron chi connectivity index (χ4n) is 1.50. The smallest absolute Gasteiger partial charge is 0.0584 e. The number of fused-ring (bicyclic) bond motifs is 1. The summed E-state index contributed by atoms with van der Waals surface area (Å²) in [5, 5.41) is 0. The minimum absolute atomic E-state index is 0.00301. The third-order valence-corrected chi connectivity index (χ3v) is 2.23. The van der Waals surface area contributed by atoms with Crippen molar-refractivity contribution in [1.29, 1.82) is 0 Å². The third kappa shape index (κ3) is 0.940. The van der Waals surface area contributed by atoms with Crippen LogP contribution in [0, 0.1) is 0 Å². The standard InChI is InChI=1S/C9H13N3/c1-9(2)7-4-3-6(10)5-8(7)11-12-9/h3-5,11-12H,10H2,1-2H3. The number of anilines is 2. The number of benzene rings is 1. The Morgan fingerprint density at radius 3 is 2.83 bits per heavy atom. The van der Waals surface area contributed by atoms with Crippen LogP contribution in [0.1, 0.15) is 19.4 Å². The predicted octanol–water partition coefficient (Wildman–Crippen LogP) is 1.43. The highest BCUT2D eigenvalue weighted by atomic mass is 15.4. The first-order chi connectivity index (χ1) is 5.59. The lowest BCUT2D eigenvalue weighted by molar-refractivity contribution is 0.471. The average Bonchev–Trinajstić information content (AvgIpc) is 2.27. The Kier molecular flexibility index (Phi) is 1.32. The summed E-state index contributed by atoms with van der Waals surface area (Å²) >= 11 is 0. The molecule has 1 aromatic rings. The molecule has 0 amide bonds. The molecule has 0 saturated carbocycles. The Labute approximate surface area is 71.9 Å². The van der Waals surface area contributed by atoms with E-state index in [9.17, 15) is 0 Å². The highest BCUT2D eigenvalue weighted by Crippen LogP contribution is 2.33. The average molecular weight is 163 g/mol. The van der Waals surface area contributed by atoms with Gasteiger partial charge in [-0.15, -0.1) is 0 Å². The molecule has 0 fully saturated rings. The summed E-state index contributed by atoms with van der Waals surface area (Å²) in [5.74, 6) is 0. The molecule has 0 aromatic heterocycles. The number of nitrogen functional groups attached to an aromatic ring is 1. The molecule has 64 valence electrons.